The van der Waals surface area contributed by atoms with Crippen LogP contribution in [0.2, 0.25) is 0 Å². The van der Waals surface area contributed by atoms with E-state index in [0.29, 0.717) is 151 Å². The lowest BCUT2D eigenvalue weighted by molar-refractivity contribution is -0.145. The molecule has 2 N–H and O–H groups in total. The molecule has 2 aliphatic heterocycles. The van der Waals surface area contributed by atoms with Crippen LogP contribution in [0.15, 0.2) is 18.2 Å². The van der Waals surface area contributed by atoms with Crippen LogP contribution in [0.4, 0.5) is 5.69 Å². The summed E-state index contributed by atoms with van der Waals surface area (Å²) in [6, 6.07) is 3.89. The van der Waals surface area contributed by atoms with E-state index < -0.39 is 29.7 Å². The van der Waals surface area contributed by atoms with Crippen LogP contribution in [-0.2, 0) is 66.5 Å². The number of hydrogen-bond acceptors (Lipinski definition) is 17. The third-order valence-electron chi connectivity index (χ3n) is 8.85. The highest BCUT2D eigenvalue weighted by Gasteiger charge is 2.45. The summed E-state index contributed by atoms with van der Waals surface area (Å²) in [4.78, 5) is 62.4. The monoisotopic (exact) mass is 855 g/mol. The number of ether oxygens (including phenoxy) is 11. The number of nitrogens with one attached hydrogen (secondary N) is 2. The molecule has 1 aromatic carbocycles. The second kappa shape index (κ2) is 33.1. The average Bonchev–Trinajstić information content (AvgIpc) is 3.49. The van der Waals surface area contributed by atoms with Crippen molar-refractivity contribution < 1.29 is 76.1 Å². The van der Waals surface area contributed by atoms with Crippen molar-refractivity contribution in [3.63, 3.8) is 0 Å². The number of hydrogen-bond donors (Lipinski definition) is 2. The zero-order chi connectivity index (χ0) is 42.9. The van der Waals surface area contributed by atoms with Gasteiger partial charge in [0.15, 0.2) is 0 Å². The maximum atomic E-state index is 13.2. The van der Waals surface area contributed by atoms with Crippen LogP contribution in [0.5, 0.6) is 0 Å². The summed E-state index contributed by atoms with van der Waals surface area (Å²) in [5.74, 6) is -2.35. The Balaban J connectivity index is 0.982. The number of carbonyl (C=O) groups excluding carboxylic acids is 5. The Morgan fingerprint density at radius 2 is 1.07 bits per heavy atom. The third kappa shape index (κ3) is 21.2. The van der Waals surface area contributed by atoms with Gasteiger partial charge in [-0.2, -0.15) is 0 Å². The number of amides is 4. The Bertz CT molecular complexity index is 1390. The van der Waals surface area contributed by atoms with Gasteiger partial charge in [-0.25, -0.2) is 0 Å². The first-order valence-corrected chi connectivity index (χ1v) is 21.0. The molecule has 0 aromatic heterocycles. The number of fused-ring (bicyclic) bond motifs is 1. The van der Waals surface area contributed by atoms with Crippen LogP contribution >= 0.6 is 0 Å². The summed E-state index contributed by atoms with van der Waals surface area (Å²) in [6.07, 6.45) is 3.61. The van der Waals surface area contributed by atoms with E-state index in [1.165, 1.54) is 0 Å². The van der Waals surface area contributed by atoms with Gasteiger partial charge in [0.1, 0.15) is 12.6 Å². The van der Waals surface area contributed by atoms with E-state index >= 15 is 0 Å². The molecule has 1 unspecified atom stereocenters. The number of imide groups is 2. The lowest BCUT2D eigenvalue weighted by atomic mass is 10.0. The first-order valence-electron chi connectivity index (χ1n) is 21.0. The smallest absolute Gasteiger partial charge is 0.305 e. The fourth-order valence-corrected chi connectivity index (χ4v) is 5.81. The van der Waals surface area contributed by atoms with Crippen molar-refractivity contribution in [1.82, 2.24) is 10.2 Å². The van der Waals surface area contributed by atoms with Gasteiger partial charge in [-0.3, -0.25) is 34.2 Å². The molecule has 1 aromatic rings. The number of piperidine rings is 1. The second-order valence-electron chi connectivity index (χ2n) is 13.4. The predicted octanol–water partition coefficient (Wildman–Crippen LogP) is 1.79. The van der Waals surface area contributed by atoms with Gasteiger partial charge in [0.25, 0.3) is 11.8 Å². The van der Waals surface area contributed by atoms with Crippen molar-refractivity contribution in [1.29, 1.82) is 0 Å². The minimum atomic E-state index is -1.01. The zero-order valence-electron chi connectivity index (χ0n) is 35.1. The highest BCUT2D eigenvalue weighted by atomic mass is 16.6. The number of esters is 1. The van der Waals surface area contributed by atoms with Crippen LogP contribution in [0.3, 0.4) is 0 Å². The molecule has 0 radical (unpaired) electrons. The fourth-order valence-electron chi connectivity index (χ4n) is 5.81. The summed E-state index contributed by atoms with van der Waals surface area (Å²) < 4.78 is 60.0. The quantitative estimate of drug-likeness (QED) is 0.0549. The Kier molecular flexibility index (Phi) is 27.9. The zero-order valence-corrected chi connectivity index (χ0v) is 35.1. The van der Waals surface area contributed by atoms with Crippen LogP contribution in [0, 0.1) is 0 Å². The maximum absolute atomic E-state index is 13.2. The normalized spacial score (nSPS) is 15.2. The van der Waals surface area contributed by atoms with Crippen molar-refractivity contribution in [3.8, 4) is 0 Å². The lowest BCUT2D eigenvalue weighted by Crippen LogP contribution is -2.54. The average molecular weight is 856 g/mol. The summed E-state index contributed by atoms with van der Waals surface area (Å²) in [5.41, 5.74) is 0.898. The van der Waals surface area contributed by atoms with E-state index in [1.54, 1.807) is 18.2 Å². The van der Waals surface area contributed by atoms with Crippen LogP contribution in [0.25, 0.3) is 0 Å². The Labute approximate surface area is 352 Å². The van der Waals surface area contributed by atoms with Gasteiger partial charge in [0.05, 0.1) is 143 Å². The van der Waals surface area contributed by atoms with Crippen molar-refractivity contribution in [2.45, 2.75) is 51.5 Å². The number of rotatable bonds is 39. The Morgan fingerprint density at radius 3 is 1.52 bits per heavy atom. The standard InChI is InChI=1S/C41H65N3O16/c1-2-3-4-8-37(46)60-32-31-59-30-29-58-28-27-57-26-25-56-24-23-55-22-21-54-20-19-53-18-17-52-16-15-51-14-13-50-12-11-42-34-7-5-6-33-38(34)41(49)44(40(33)48)35-9-10-36(45)43-39(35)47/h5-7,35,42H,2-4,8-32H2,1H3,(H,43,45,47). The molecule has 3 rings (SSSR count). The molecular formula is C41H65N3O16. The predicted molar refractivity (Wildman–Crippen MR) is 215 cm³/mol. The molecule has 1 fully saturated rings. The molecule has 4 amide bonds. The van der Waals surface area contributed by atoms with E-state index in [9.17, 15) is 24.0 Å². The molecule has 19 nitrogen and oxygen atoms in total. The molecule has 0 aliphatic carbocycles. The van der Waals surface area contributed by atoms with Gasteiger partial charge in [-0.1, -0.05) is 25.8 Å². The van der Waals surface area contributed by atoms with Crippen molar-refractivity contribution >= 4 is 35.3 Å². The molecule has 2 aliphatic rings. The SMILES string of the molecule is CCCCCC(=O)OCCOCCOCCOCCOCCOCCOCCOCCOCCOCCOCCNc1cccc2c1C(=O)N(C1CCC(=O)NC1=O)C2=O. The van der Waals surface area contributed by atoms with Gasteiger partial charge >= 0.3 is 5.97 Å². The number of carbonyl (C=O) groups is 5. The Morgan fingerprint density at radius 1 is 0.617 bits per heavy atom. The minimum Gasteiger partial charge on any atom is -0.463 e. The molecular weight excluding hydrogens is 790 g/mol. The summed E-state index contributed by atoms with van der Waals surface area (Å²) in [5, 5.41) is 5.33. The summed E-state index contributed by atoms with van der Waals surface area (Å²) in [6.45, 7) is 11.4. The van der Waals surface area contributed by atoms with E-state index in [4.69, 9.17) is 52.1 Å². The van der Waals surface area contributed by atoms with Gasteiger partial charge in [-0.15, -0.1) is 0 Å². The molecule has 2 heterocycles. The van der Waals surface area contributed by atoms with Gasteiger partial charge in [-0.05, 0) is 25.0 Å². The number of anilines is 1. The summed E-state index contributed by atoms with van der Waals surface area (Å²) >= 11 is 0. The van der Waals surface area contributed by atoms with Crippen molar-refractivity contribution in [2.75, 3.05) is 151 Å². The van der Waals surface area contributed by atoms with E-state index in [-0.39, 0.29) is 36.5 Å². The van der Waals surface area contributed by atoms with Crippen LogP contribution in [0.1, 0.15) is 66.2 Å². The Hall–Kier alpha value is -3.63. The first-order chi connectivity index (χ1) is 29.4. The topological polar surface area (TPSA) is 214 Å². The highest BCUT2D eigenvalue weighted by molar-refractivity contribution is 6.25. The van der Waals surface area contributed by atoms with E-state index in [0.717, 1.165) is 24.2 Å². The van der Waals surface area contributed by atoms with E-state index in [2.05, 4.69) is 17.6 Å². The maximum Gasteiger partial charge on any atom is 0.305 e. The number of unbranched alkanes of at least 4 members (excludes halogenated alkanes) is 2. The number of benzene rings is 1. The largest absolute Gasteiger partial charge is 0.463 e. The van der Waals surface area contributed by atoms with E-state index in [1.807, 2.05) is 0 Å². The molecule has 0 spiro atoms. The molecule has 19 heteroatoms. The minimum absolute atomic E-state index is 0.0627. The lowest BCUT2D eigenvalue weighted by Gasteiger charge is -2.27. The van der Waals surface area contributed by atoms with Gasteiger partial charge < -0.3 is 57.4 Å². The highest BCUT2D eigenvalue weighted by Crippen LogP contribution is 2.32. The molecule has 1 atom stereocenters. The molecule has 340 valence electrons. The molecule has 0 saturated carbocycles. The number of nitrogens with zero attached hydrogens (tertiary/aromatic N) is 1. The van der Waals surface area contributed by atoms with Crippen molar-refractivity contribution in [2.24, 2.45) is 0 Å². The fraction of sp³-hybridized carbons (Fsp3) is 0.732. The molecule has 1 saturated heterocycles. The van der Waals surface area contributed by atoms with Crippen LogP contribution < -0.4 is 10.6 Å². The first kappa shape index (κ1) is 50.7. The summed E-state index contributed by atoms with van der Waals surface area (Å²) in [7, 11) is 0. The third-order valence-corrected chi connectivity index (χ3v) is 8.85. The van der Waals surface area contributed by atoms with Crippen molar-refractivity contribution in [3.05, 3.63) is 29.3 Å². The van der Waals surface area contributed by atoms with Gasteiger partial charge in [0, 0.05) is 25.1 Å². The van der Waals surface area contributed by atoms with Gasteiger partial charge in [0.2, 0.25) is 11.8 Å². The van der Waals surface area contributed by atoms with Crippen LogP contribution in [-0.4, -0.2) is 186 Å². The molecule has 0 bridgehead atoms. The molecule has 60 heavy (non-hydrogen) atoms. The second-order valence-corrected chi connectivity index (χ2v) is 13.4.